The van der Waals surface area contributed by atoms with E-state index in [0.717, 1.165) is 52.2 Å². The van der Waals surface area contributed by atoms with Gasteiger partial charge in [0.2, 0.25) is 5.91 Å². The summed E-state index contributed by atoms with van der Waals surface area (Å²) in [4.78, 5) is 34.8. The third-order valence-electron chi connectivity index (χ3n) is 4.90. The molecule has 1 amide bonds. The van der Waals surface area contributed by atoms with Gasteiger partial charge in [0.1, 0.15) is 0 Å². The van der Waals surface area contributed by atoms with Crippen molar-refractivity contribution in [1.29, 1.82) is 0 Å². The number of piperidine rings is 1. The number of nitrogens with zero attached hydrogens (tertiary/aromatic N) is 2. The van der Waals surface area contributed by atoms with Crippen LogP contribution in [0, 0.1) is 5.92 Å². The second-order valence-corrected chi connectivity index (χ2v) is 6.99. The highest BCUT2D eigenvalue weighted by molar-refractivity contribution is 6.27. The molecule has 2 aliphatic heterocycles. The number of benzene rings is 1. The van der Waals surface area contributed by atoms with Crippen LogP contribution in [0.15, 0.2) is 36.4 Å². The molecular formula is C21H28N2O6. The lowest BCUT2D eigenvalue weighted by Crippen LogP contribution is -2.46. The van der Waals surface area contributed by atoms with Gasteiger partial charge in [-0.25, -0.2) is 9.59 Å². The number of morpholine rings is 1. The first-order chi connectivity index (χ1) is 14.0. The summed E-state index contributed by atoms with van der Waals surface area (Å²) < 4.78 is 5.33. The molecule has 1 aromatic rings. The van der Waals surface area contributed by atoms with Gasteiger partial charge in [-0.05, 0) is 24.3 Å². The lowest BCUT2D eigenvalue weighted by atomic mass is 9.95. The number of aliphatic carboxylic acids is 2. The maximum Gasteiger partial charge on any atom is 0.414 e. The summed E-state index contributed by atoms with van der Waals surface area (Å²) in [6, 6.07) is 10.4. The van der Waals surface area contributed by atoms with Crippen molar-refractivity contribution >= 4 is 23.9 Å². The molecule has 8 nitrogen and oxygen atoms in total. The monoisotopic (exact) mass is 404 g/mol. The molecular weight excluding hydrogens is 376 g/mol. The van der Waals surface area contributed by atoms with Gasteiger partial charge in [-0.3, -0.25) is 9.69 Å². The Labute approximate surface area is 170 Å². The Morgan fingerprint density at radius 1 is 0.966 bits per heavy atom. The number of carbonyl (C=O) groups excluding carboxylic acids is 1. The van der Waals surface area contributed by atoms with E-state index in [9.17, 15) is 4.79 Å². The van der Waals surface area contributed by atoms with Crippen LogP contribution in [0.5, 0.6) is 0 Å². The molecule has 0 unspecified atom stereocenters. The molecule has 0 saturated carbocycles. The summed E-state index contributed by atoms with van der Waals surface area (Å²) in [5.74, 6) is -2.79. The largest absolute Gasteiger partial charge is 0.473 e. The summed E-state index contributed by atoms with van der Waals surface area (Å²) in [5, 5.41) is 14.8. The lowest BCUT2D eigenvalue weighted by molar-refractivity contribution is -0.159. The second-order valence-electron chi connectivity index (χ2n) is 6.99. The number of likely N-dealkylation sites (tertiary alicyclic amines) is 1. The smallest absolute Gasteiger partial charge is 0.414 e. The molecule has 1 aromatic carbocycles. The number of hydrogen-bond acceptors (Lipinski definition) is 5. The number of allylic oxidation sites excluding steroid dienone is 1. The fourth-order valence-corrected chi connectivity index (χ4v) is 3.20. The minimum Gasteiger partial charge on any atom is -0.473 e. The van der Waals surface area contributed by atoms with Crippen LogP contribution in [-0.2, 0) is 19.1 Å². The highest BCUT2D eigenvalue weighted by Crippen LogP contribution is 2.20. The van der Waals surface area contributed by atoms with Crippen LogP contribution >= 0.6 is 0 Å². The molecule has 2 heterocycles. The van der Waals surface area contributed by atoms with Gasteiger partial charge in [0.25, 0.3) is 0 Å². The minimum atomic E-state index is -1.82. The molecule has 0 atom stereocenters. The van der Waals surface area contributed by atoms with Gasteiger partial charge in [-0.2, -0.15) is 0 Å². The van der Waals surface area contributed by atoms with Crippen molar-refractivity contribution in [2.75, 3.05) is 45.9 Å². The van der Waals surface area contributed by atoms with Crippen molar-refractivity contribution in [3.05, 3.63) is 42.0 Å². The fourth-order valence-electron chi connectivity index (χ4n) is 3.20. The van der Waals surface area contributed by atoms with Crippen molar-refractivity contribution in [2.45, 2.75) is 12.8 Å². The van der Waals surface area contributed by atoms with Crippen molar-refractivity contribution in [2.24, 2.45) is 5.92 Å². The molecule has 29 heavy (non-hydrogen) atoms. The maximum absolute atomic E-state index is 12.4. The third-order valence-corrected chi connectivity index (χ3v) is 4.90. The summed E-state index contributed by atoms with van der Waals surface area (Å²) >= 11 is 0. The van der Waals surface area contributed by atoms with Gasteiger partial charge >= 0.3 is 11.9 Å². The van der Waals surface area contributed by atoms with Crippen LogP contribution in [0.1, 0.15) is 18.4 Å². The van der Waals surface area contributed by atoms with Crippen LogP contribution in [0.4, 0.5) is 0 Å². The van der Waals surface area contributed by atoms with Gasteiger partial charge in [0, 0.05) is 26.2 Å². The Balaban J connectivity index is 0.000000438. The molecule has 2 fully saturated rings. The standard InChI is InChI=1S/C19H26N2O2.C2H2O4/c22-19(16-20-12-14-23-15-13-20)21-10-8-18(9-11-21)7-6-17-4-2-1-3-5-17;3-1(4)2(5)6/h1-7,18H,8-16H2;(H,3,4)(H,5,6)/b7-6+;. The highest BCUT2D eigenvalue weighted by atomic mass is 16.5. The van der Waals surface area contributed by atoms with E-state index in [1.807, 2.05) is 11.0 Å². The SMILES string of the molecule is O=C(CN1CCOCC1)N1CCC(/C=C/c2ccccc2)CC1.O=C(O)C(=O)O. The Morgan fingerprint density at radius 2 is 1.55 bits per heavy atom. The summed E-state index contributed by atoms with van der Waals surface area (Å²) in [6.45, 7) is 5.57. The molecule has 8 heteroatoms. The van der Waals surface area contributed by atoms with Crippen molar-refractivity contribution < 1.29 is 29.3 Å². The Kier molecular flexibility index (Phi) is 9.33. The molecule has 158 valence electrons. The van der Waals surface area contributed by atoms with E-state index in [1.165, 1.54) is 5.56 Å². The zero-order valence-corrected chi connectivity index (χ0v) is 16.4. The van der Waals surface area contributed by atoms with Crippen LogP contribution < -0.4 is 0 Å². The maximum atomic E-state index is 12.4. The first kappa shape index (κ1) is 22.6. The van der Waals surface area contributed by atoms with E-state index in [2.05, 4.69) is 41.3 Å². The first-order valence-electron chi connectivity index (χ1n) is 9.73. The van der Waals surface area contributed by atoms with Crippen LogP contribution in [0.3, 0.4) is 0 Å². The quantitative estimate of drug-likeness (QED) is 0.731. The molecule has 0 spiro atoms. The average molecular weight is 404 g/mol. The van der Waals surface area contributed by atoms with Crippen LogP contribution in [0.25, 0.3) is 6.08 Å². The average Bonchev–Trinajstić information content (AvgIpc) is 2.74. The molecule has 2 aliphatic rings. The number of hydrogen-bond donors (Lipinski definition) is 2. The summed E-state index contributed by atoms with van der Waals surface area (Å²) in [5.41, 5.74) is 1.25. The fraction of sp³-hybridized carbons (Fsp3) is 0.476. The number of amides is 1. The zero-order chi connectivity index (χ0) is 21.1. The molecule has 2 N–H and O–H groups in total. The number of rotatable bonds is 4. The number of carboxylic acids is 2. The van der Waals surface area contributed by atoms with Crippen molar-refractivity contribution in [3.63, 3.8) is 0 Å². The van der Waals surface area contributed by atoms with Gasteiger partial charge in [-0.15, -0.1) is 0 Å². The van der Waals surface area contributed by atoms with Crippen LogP contribution in [0.2, 0.25) is 0 Å². The molecule has 3 rings (SSSR count). The van der Waals surface area contributed by atoms with Gasteiger partial charge in [0.05, 0.1) is 19.8 Å². The first-order valence-corrected chi connectivity index (χ1v) is 9.73. The normalized spacial score (nSPS) is 18.1. The minimum absolute atomic E-state index is 0.275. The van der Waals surface area contributed by atoms with Crippen molar-refractivity contribution in [1.82, 2.24) is 9.80 Å². The number of carbonyl (C=O) groups is 3. The van der Waals surface area contributed by atoms with Gasteiger partial charge in [0.15, 0.2) is 0 Å². The van der Waals surface area contributed by atoms with E-state index in [1.54, 1.807) is 0 Å². The van der Waals surface area contributed by atoms with E-state index in [-0.39, 0.29) is 5.91 Å². The summed E-state index contributed by atoms with van der Waals surface area (Å²) in [7, 11) is 0. The van der Waals surface area contributed by atoms with E-state index in [0.29, 0.717) is 12.5 Å². The number of carboxylic acid groups (broad SMARTS) is 2. The predicted octanol–water partition coefficient (Wildman–Crippen LogP) is 1.43. The summed E-state index contributed by atoms with van der Waals surface area (Å²) in [6.07, 6.45) is 6.64. The van der Waals surface area contributed by atoms with E-state index < -0.39 is 11.9 Å². The Hall–Kier alpha value is -2.71. The second kappa shape index (κ2) is 12.0. The van der Waals surface area contributed by atoms with Crippen molar-refractivity contribution in [3.8, 4) is 0 Å². The lowest BCUT2D eigenvalue weighted by Gasteiger charge is -2.33. The highest BCUT2D eigenvalue weighted by Gasteiger charge is 2.23. The molecule has 0 aromatic heterocycles. The third kappa shape index (κ3) is 8.45. The zero-order valence-electron chi connectivity index (χ0n) is 16.4. The topological polar surface area (TPSA) is 107 Å². The number of ether oxygens (including phenoxy) is 1. The van der Waals surface area contributed by atoms with Crippen LogP contribution in [-0.4, -0.2) is 83.8 Å². The van der Waals surface area contributed by atoms with E-state index >= 15 is 0 Å². The Morgan fingerprint density at radius 3 is 2.10 bits per heavy atom. The molecule has 0 aliphatic carbocycles. The Bertz CT molecular complexity index is 680. The van der Waals surface area contributed by atoms with E-state index in [4.69, 9.17) is 24.5 Å². The molecule has 2 saturated heterocycles. The predicted molar refractivity (Wildman–Crippen MR) is 107 cm³/mol. The molecule has 0 bridgehead atoms. The van der Waals surface area contributed by atoms with Gasteiger partial charge < -0.3 is 19.8 Å². The van der Waals surface area contributed by atoms with Gasteiger partial charge in [-0.1, -0.05) is 42.5 Å². The molecule has 0 radical (unpaired) electrons.